The van der Waals surface area contributed by atoms with Crippen molar-refractivity contribution >= 4 is 0 Å². The van der Waals surface area contributed by atoms with Gasteiger partial charge in [-0.1, -0.05) is 13.3 Å². The quantitative estimate of drug-likeness (QED) is 0.732. The minimum Gasteiger partial charge on any atom is -0.392 e. The van der Waals surface area contributed by atoms with E-state index in [9.17, 15) is 5.11 Å². The third-order valence-corrected chi connectivity index (χ3v) is 4.10. The van der Waals surface area contributed by atoms with Crippen LogP contribution in [0.1, 0.15) is 45.4 Å². The molecule has 0 aromatic heterocycles. The highest BCUT2D eigenvalue weighted by Crippen LogP contribution is 2.30. The van der Waals surface area contributed by atoms with E-state index in [1.165, 1.54) is 32.1 Å². The van der Waals surface area contributed by atoms with Crippen LogP contribution in [0.15, 0.2) is 0 Å². The van der Waals surface area contributed by atoms with Crippen molar-refractivity contribution < 1.29 is 5.11 Å². The maximum Gasteiger partial charge on any atom is 0.0679 e. The second-order valence-corrected chi connectivity index (χ2v) is 5.02. The number of hydrogen-bond acceptors (Lipinski definition) is 2. The summed E-state index contributed by atoms with van der Waals surface area (Å²) in [7, 11) is 0. The van der Waals surface area contributed by atoms with Crippen molar-refractivity contribution in [2.24, 2.45) is 5.92 Å². The molecule has 2 fully saturated rings. The molecule has 0 spiro atoms. The van der Waals surface area contributed by atoms with Gasteiger partial charge in [0.1, 0.15) is 0 Å². The average molecular weight is 197 g/mol. The van der Waals surface area contributed by atoms with E-state index in [1.807, 2.05) is 0 Å². The van der Waals surface area contributed by atoms with E-state index < -0.39 is 0 Å². The number of aliphatic hydroxyl groups is 1. The Balaban J connectivity index is 1.78. The van der Waals surface area contributed by atoms with Crippen LogP contribution in [0.2, 0.25) is 0 Å². The van der Waals surface area contributed by atoms with Crippen LogP contribution in [-0.2, 0) is 0 Å². The Bertz CT molecular complexity index is 175. The van der Waals surface area contributed by atoms with Crippen molar-refractivity contribution in [3.63, 3.8) is 0 Å². The maximum atomic E-state index is 9.49. The van der Waals surface area contributed by atoms with Gasteiger partial charge in [0.25, 0.3) is 0 Å². The van der Waals surface area contributed by atoms with Crippen molar-refractivity contribution in [1.29, 1.82) is 0 Å². The number of nitrogens with zero attached hydrogens (tertiary/aromatic N) is 1. The zero-order valence-electron chi connectivity index (χ0n) is 9.28. The molecule has 0 aromatic rings. The van der Waals surface area contributed by atoms with E-state index in [0.717, 1.165) is 31.5 Å². The summed E-state index contributed by atoms with van der Waals surface area (Å²) in [6.45, 7) is 4.37. The van der Waals surface area contributed by atoms with Gasteiger partial charge >= 0.3 is 0 Å². The third kappa shape index (κ3) is 2.29. The van der Waals surface area contributed by atoms with Crippen LogP contribution in [0.3, 0.4) is 0 Å². The average Bonchev–Trinajstić information content (AvgIpc) is 2.65. The van der Waals surface area contributed by atoms with Gasteiger partial charge in [-0.3, -0.25) is 4.90 Å². The molecule has 2 nitrogen and oxygen atoms in total. The minimum atomic E-state index is -0.0427. The molecule has 1 aliphatic carbocycles. The Kier molecular flexibility index (Phi) is 3.45. The molecule has 1 atom stereocenters. The standard InChI is InChI=1S/C12H23NO/c1-2-10-3-5-11(6-4-10)13-8-7-12(14)9-13/h10-12,14H,2-9H2,1H3. The summed E-state index contributed by atoms with van der Waals surface area (Å²) >= 11 is 0. The summed E-state index contributed by atoms with van der Waals surface area (Å²) in [5.74, 6) is 0.985. The van der Waals surface area contributed by atoms with Crippen LogP contribution in [0.25, 0.3) is 0 Å². The topological polar surface area (TPSA) is 23.5 Å². The molecule has 82 valence electrons. The van der Waals surface area contributed by atoms with Gasteiger partial charge in [-0.25, -0.2) is 0 Å². The first-order chi connectivity index (χ1) is 6.79. The fourth-order valence-corrected chi connectivity index (χ4v) is 3.02. The second-order valence-electron chi connectivity index (χ2n) is 5.02. The van der Waals surface area contributed by atoms with Crippen molar-refractivity contribution in [1.82, 2.24) is 4.90 Å². The lowest BCUT2D eigenvalue weighted by Gasteiger charge is -2.34. The first kappa shape index (κ1) is 10.4. The van der Waals surface area contributed by atoms with E-state index in [4.69, 9.17) is 0 Å². The van der Waals surface area contributed by atoms with Crippen molar-refractivity contribution in [2.45, 2.75) is 57.6 Å². The number of aliphatic hydroxyl groups excluding tert-OH is 1. The molecule has 1 aliphatic heterocycles. The Morgan fingerprint density at radius 3 is 2.36 bits per heavy atom. The van der Waals surface area contributed by atoms with Crippen molar-refractivity contribution in [3.05, 3.63) is 0 Å². The van der Waals surface area contributed by atoms with Crippen LogP contribution in [-0.4, -0.2) is 35.2 Å². The molecular formula is C12H23NO. The molecule has 1 unspecified atom stereocenters. The van der Waals surface area contributed by atoms with Gasteiger partial charge in [0.05, 0.1) is 6.10 Å². The lowest BCUT2D eigenvalue weighted by Crippen LogP contribution is -2.36. The zero-order valence-corrected chi connectivity index (χ0v) is 9.28. The predicted molar refractivity (Wildman–Crippen MR) is 58.2 cm³/mol. The summed E-state index contributed by atoms with van der Waals surface area (Å²) in [6.07, 6.45) is 7.86. The van der Waals surface area contributed by atoms with E-state index >= 15 is 0 Å². The van der Waals surface area contributed by atoms with E-state index in [2.05, 4.69) is 11.8 Å². The van der Waals surface area contributed by atoms with E-state index in [1.54, 1.807) is 0 Å². The van der Waals surface area contributed by atoms with Crippen molar-refractivity contribution in [3.8, 4) is 0 Å². The minimum absolute atomic E-state index is 0.0427. The molecule has 0 amide bonds. The van der Waals surface area contributed by atoms with Crippen LogP contribution in [0.5, 0.6) is 0 Å². The van der Waals surface area contributed by atoms with Crippen LogP contribution < -0.4 is 0 Å². The summed E-state index contributed by atoms with van der Waals surface area (Å²) < 4.78 is 0. The van der Waals surface area contributed by atoms with E-state index in [0.29, 0.717) is 0 Å². The van der Waals surface area contributed by atoms with Gasteiger partial charge in [0, 0.05) is 19.1 Å². The molecule has 2 aliphatic rings. The van der Waals surface area contributed by atoms with E-state index in [-0.39, 0.29) is 6.10 Å². The maximum absolute atomic E-state index is 9.49. The molecule has 0 aromatic carbocycles. The molecular weight excluding hydrogens is 174 g/mol. The van der Waals surface area contributed by atoms with Gasteiger partial charge < -0.3 is 5.11 Å². The van der Waals surface area contributed by atoms with Gasteiger partial charge in [-0.05, 0) is 38.0 Å². The normalized spacial score (nSPS) is 40.3. The molecule has 1 heterocycles. The first-order valence-corrected chi connectivity index (χ1v) is 6.21. The lowest BCUT2D eigenvalue weighted by molar-refractivity contribution is 0.129. The van der Waals surface area contributed by atoms with Gasteiger partial charge in [0.15, 0.2) is 0 Å². The van der Waals surface area contributed by atoms with Crippen molar-refractivity contribution in [2.75, 3.05) is 13.1 Å². The van der Waals surface area contributed by atoms with Crippen LogP contribution >= 0.6 is 0 Å². The van der Waals surface area contributed by atoms with Gasteiger partial charge in [-0.2, -0.15) is 0 Å². The third-order valence-electron chi connectivity index (χ3n) is 4.10. The largest absolute Gasteiger partial charge is 0.392 e. The van der Waals surface area contributed by atoms with Gasteiger partial charge in [0.2, 0.25) is 0 Å². The fourth-order valence-electron chi connectivity index (χ4n) is 3.02. The molecule has 1 saturated carbocycles. The number of β-amino-alcohol motifs (C(OH)–C–C–N with tert-alkyl or cyclic N) is 1. The molecule has 0 radical (unpaired) electrons. The summed E-state index contributed by atoms with van der Waals surface area (Å²) in [4.78, 5) is 2.51. The molecule has 1 saturated heterocycles. The molecule has 1 N–H and O–H groups in total. The molecule has 2 heteroatoms. The smallest absolute Gasteiger partial charge is 0.0679 e. The Morgan fingerprint density at radius 1 is 1.14 bits per heavy atom. The highest BCUT2D eigenvalue weighted by atomic mass is 16.3. The SMILES string of the molecule is CCC1CCC(N2CCC(O)C2)CC1. The second kappa shape index (κ2) is 4.63. The highest BCUT2D eigenvalue weighted by molar-refractivity contribution is 4.84. The lowest BCUT2D eigenvalue weighted by atomic mass is 9.84. The molecule has 14 heavy (non-hydrogen) atoms. The number of hydrogen-bond donors (Lipinski definition) is 1. The van der Waals surface area contributed by atoms with Crippen LogP contribution in [0, 0.1) is 5.92 Å². The highest BCUT2D eigenvalue weighted by Gasteiger charge is 2.29. The monoisotopic (exact) mass is 197 g/mol. The number of likely N-dealkylation sites (tertiary alicyclic amines) is 1. The summed E-state index contributed by atoms with van der Waals surface area (Å²) in [6, 6.07) is 0.787. The number of rotatable bonds is 2. The predicted octanol–water partition coefficient (Wildman–Crippen LogP) is 2.02. The Hall–Kier alpha value is -0.0800. The Morgan fingerprint density at radius 2 is 1.86 bits per heavy atom. The molecule has 0 bridgehead atoms. The molecule has 2 rings (SSSR count). The first-order valence-electron chi connectivity index (χ1n) is 6.21. The summed E-state index contributed by atoms with van der Waals surface area (Å²) in [5, 5.41) is 9.49. The summed E-state index contributed by atoms with van der Waals surface area (Å²) in [5.41, 5.74) is 0. The van der Waals surface area contributed by atoms with Crippen LogP contribution in [0.4, 0.5) is 0 Å². The Labute approximate surface area is 87.3 Å². The van der Waals surface area contributed by atoms with Gasteiger partial charge in [-0.15, -0.1) is 0 Å². The fraction of sp³-hybridized carbons (Fsp3) is 1.00. The zero-order chi connectivity index (χ0) is 9.97.